The number of rotatable bonds is 8. The van der Waals surface area contributed by atoms with Gasteiger partial charge in [-0.2, -0.15) is 0 Å². The van der Waals surface area contributed by atoms with Gasteiger partial charge >= 0.3 is 6.09 Å². The van der Waals surface area contributed by atoms with Gasteiger partial charge in [-0.15, -0.1) is 0 Å². The molecule has 1 aliphatic rings. The van der Waals surface area contributed by atoms with Gasteiger partial charge in [-0.3, -0.25) is 5.32 Å². The summed E-state index contributed by atoms with van der Waals surface area (Å²) in [4.78, 5) is 22.4. The van der Waals surface area contributed by atoms with Crippen molar-refractivity contribution in [3.63, 3.8) is 0 Å². The Hall–Kier alpha value is -3.69. The van der Waals surface area contributed by atoms with Crippen LogP contribution in [0, 0.1) is 24.5 Å². The minimum atomic E-state index is -0.949. The third-order valence-electron chi connectivity index (χ3n) is 6.01. The molecular weight excluding hydrogens is 458 g/mol. The monoisotopic (exact) mass is 486 g/mol. The van der Waals surface area contributed by atoms with E-state index in [1.807, 2.05) is 24.4 Å². The topological polar surface area (TPSA) is 89.7 Å². The standard InChI is InChI=1S/C25H28F2N4O4/c1-16-5-6-22(35-16)18-14-28-24(29-15-18)31-9-7-17(8-10-31)4-3-11-34-19-12-20(26)23(21(27)13-19)30-25(32)33-2/h5-6,12-15,17H,3-4,7-11H2,1-2H3,(H,30,32). The maximum absolute atomic E-state index is 14.1. The SMILES string of the molecule is COC(=O)Nc1c(F)cc(OCCCC2CCN(c3ncc(-c4ccc(C)o4)cn3)CC2)cc1F. The third-order valence-corrected chi connectivity index (χ3v) is 6.01. The molecule has 1 saturated heterocycles. The van der Waals surface area contributed by atoms with Crippen LogP contribution in [0.3, 0.4) is 0 Å². The normalized spacial score (nSPS) is 14.1. The van der Waals surface area contributed by atoms with Gasteiger partial charge in [0, 0.05) is 37.6 Å². The van der Waals surface area contributed by atoms with Gasteiger partial charge < -0.3 is 18.8 Å². The van der Waals surface area contributed by atoms with Crippen LogP contribution in [0.5, 0.6) is 5.75 Å². The maximum Gasteiger partial charge on any atom is 0.411 e. The van der Waals surface area contributed by atoms with Crippen LogP contribution in [0.2, 0.25) is 0 Å². The predicted molar refractivity (Wildman–Crippen MR) is 127 cm³/mol. The number of piperidine rings is 1. The Labute approximate surface area is 202 Å². The zero-order valence-electron chi connectivity index (χ0n) is 19.7. The fraction of sp³-hybridized carbons (Fsp3) is 0.400. The number of ether oxygens (including phenoxy) is 2. The van der Waals surface area contributed by atoms with Crippen LogP contribution in [0.1, 0.15) is 31.4 Å². The number of anilines is 2. The van der Waals surface area contributed by atoms with Crippen molar-refractivity contribution >= 4 is 17.7 Å². The number of carbonyl (C=O) groups is 1. The van der Waals surface area contributed by atoms with Crippen LogP contribution in [-0.2, 0) is 4.74 Å². The van der Waals surface area contributed by atoms with Gasteiger partial charge in [0.15, 0.2) is 11.6 Å². The molecule has 1 aliphatic heterocycles. The maximum atomic E-state index is 14.1. The number of halogens is 2. The van der Waals surface area contributed by atoms with Crippen molar-refractivity contribution in [3.8, 4) is 17.1 Å². The lowest BCUT2D eigenvalue weighted by Crippen LogP contribution is -2.34. The first kappa shape index (κ1) is 24.4. The van der Waals surface area contributed by atoms with Crippen LogP contribution in [0.15, 0.2) is 41.1 Å². The smallest absolute Gasteiger partial charge is 0.411 e. The lowest BCUT2D eigenvalue weighted by Gasteiger charge is -2.32. The Kier molecular flexibility index (Phi) is 7.79. The summed E-state index contributed by atoms with van der Waals surface area (Å²) < 4.78 is 43.7. The van der Waals surface area contributed by atoms with Gasteiger partial charge in [0.2, 0.25) is 5.95 Å². The zero-order valence-corrected chi connectivity index (χ0v) is 19.7. The highest BCUT2D eigenvalue weighted by Crippen LogP contribution is 2.28. The van der Waals surface area contributed by atoms with Crippen molar-refractivity contribution in [2.75, 3.05) is 37.0 Å². The van der Waals surface area contributed by atoms with E-state index in [2.05, 4.69) is 19.6 Å². The van der Waals surface area contributed by atoms with Crippen molar-refractivity contribution in [2.24, 2.45) is 5.92 Å². The quantitative estimate of drug-likeness (QED) is 0.416. The van der Waals surface area contributed by atoms with Crippen LogP contribution in [0.25, 0.3) is 11.3 Å². The van der Waals surface area contributed by atoms with Gasteiger partial charge in [-0.1, -0.05) is 0 Å². The lowest BCUT2D eigenvalue weighted by atomic mass is 9.92. The number of nitrogens with zero attached hydrogens (tertiary/aromatic N) is 3. The summed E-state index contributed by atoms with van der Waals surface area (Å²) in [6.07, 6.45) is 6.37. The van der Waals surface area contributed by atoms with Crippen LogP contribution in [0.4, 0.5) is 25.2 Å². The lowest BCUT2D eigenvalue weighted by molar-refractivity contribution is 0.186. The van der Waals surface area contributed by atoms with Crippen LogP contribution < -0.4 is 15.0 Å². The number of furan rings is 1. The second kappa shape index (κ2) is 11.2. The number of nitrogens with one attached hydrogen (secondary N) is 1. The molecule has 1 fully saturated rings. The van der Waals surface area contributed by atoms with Gasteiger partial charge in [0.05, 0.1) is 19.3 Å². The molecule has 0 unspecified atom stereocenters. The average Bonchev–Trinajstić information content (AvgIpc) is 3.30. The van der Waals surface area contributed by atoms with Crippen molar-refractivity contribution < 1.29 is 27.5 Å². The summed E-state index contributed by atoms with van der Waals surface area (Å²) in [5.74, 6) is 1.10. The molecule has 4 rings (SSSR count). The van der Waals surface area contributed by atoms with Crippen molar-refractivity contribution in [2.45, 2.75) is 32.6 Å². The number of amides is 1. The van der Waals surface area contributed by atoms with E-state index in [1.165, 1.54) is 0 Å². The summed E-state index contributed by atoms with van der Waals surface area (Å²) >= 11 is 0. The molecule has 1 N–H and O–H groups in total. The molecule has 0 saturated carbocycles. The number of methoxy groups -OCH3 is 1. The second-order valence-electron chi connectivity index (χ2n) is 8.48. The average molecular weight is 487 g/mol. The number of aryl methyl sites for hydroxylation is 1. The molecule has 3 aromatic rings. The Balaban J connectivity index is 1.19. The van der Waals surface area contributed by atoms with Gasteiger partial charge in [-0.25, -0.2) is 23.5 Å². The van der Waals surface area contributed by atoms with E-state index in [0.29, 0.717) is 18.5 Å². The zero-order chi connectivity index (χ0) is 24.8. The largest absolute Gasteiger partial charge is 0.493 e. The second-order valence-corrected chi connectivity index (χ2v) is 8.48. The van der Waals surface area contributed by atoms with Crippen molar-refractivity contribution in [3.05, 3.63) is 54.1 Å². The van der Waals surface area contributed by atoms with Crippen LogP contribution >= 0.6 is 0 Å². The molecule has 186 valence electrons. The molecule has 2 aromatic heterocycles. The van der Waals surface area contributed by atoms with Crippen molar-refractivity contribution in [1.29, 1.82) is 0 Å². The van der Waals surface area contributed by atoms with Gasteiger partial charge in [0.1, 0.15) is 23.0 Å². The number of carbonyl (C=O) groups excluding carboxylic acids is 1. The van der Waals surface area contributed by atoms with Crippen LogP contribution in [-0.4, -0.2) is 42.9 Å². The molecule has 0 spiro atoms. The first-order valence-corrected chi connectivity index (χ1v) is 11.5. The van der Waals surface area contributed by atoms with Crippen molar-refractivity contribution in [1.82, 2.24) is 9.97 Å². The predicted octanol–water partition coefficient (Wildman–Crippen LogP) is 5.58. The van der Waals surface area contributed by atoms with E-state index < -0.39 is 23.4 Å². The molecule has 1 aromatic carbocycles. The molecule has 10 heteroatoms. The number of aromatic nitrogens is 2. The first-order chi connectivity index (χ1) is 16.9. The van der Waals surface area contributed by atoms with E-state index >= 15 is 0 Å². The first-order valence-electron chi connectivity index (χ1n) is 11.5. The van der Waals surface area contributed by atoms with E-state index in [1.54, 1.807) is 12.4 Å². The Morgan fingerprint density at radius 3 is 2.46 bits per heavy atom. The number of hydrogen-bond acceptors (Lipinski definition) is 7. The summed E-state index contributed by atoms with van der Waals surface area (Å²) in [6.45, 7) is 3.99. The minimum absolute atomic E-state index is 0.0792. The number of benzene rings is 1. The fourth-order valence-corrected chi connectivity index (χ4v) is 4.09. The van der Waals surface area contributed by atoms with Gasteiger partial charge in [-0.05, 0) is 50.7 Å². The highest BCUT2D eigenvalue weighted by Gasteiger charge is 2.21. The Bertz CT molecular complexity index is 1120. The third kappa shape index (κ3) is 6.26. The number of hydrogen-bond donors (Lipinski definition) is 1. The summed E-state index contributed by atoms with van der Waals surface area (Å²) in [6, 6.07) is 5.92. The molecule has 3 heterocycles. The molecule has 35 heavy (non-hydrogen) atoms. The molecule has 0 aliphatic carbocycles. The fourth-order valence-electron chi connectivity index (χ4n) is 4.09. The summed E-state index contributed by atoms with van der Waals surface area (Å²) in [5, 5.41) is 2.01. The molecular formula is C25H28F2N4O4. The van der Waals surface area contributed by atoms with Gasteiger partial charge in [0.25, 0.3) is 0 Å². The molecule has 0 radical (unpaired) electrons. The van der Waals surface area contributed by atoms with E-state index in [9.17, 15) is 13.6 Å². The summed E-state index contributed by atoms with van der Waals surface area (Å²) in [7, 11) is 1.11. The highest BCUT2D eigenvalue weighted by atomic mass is 19.1. The summed E-state index contributed by atoms with van der Waals surface area (Å²) in [5.41, 5.74) is 0.288. The van der Waals surface area contributed by atoms with E-state index in [4.69, 9.17) is 9.15 Å². The molecule has 0 atom stereocenters. The molecule has 1 amide bonds. The molecule has 8 nitrogen and oxygen atoms in total. The highest BCUT2D eigenvalue weighted by molar-refractivity contribution is 5.84. The Morgan fingerprint density at radius 2 is 1.86 bits per heavy atom. The Morgan fingerprint density at radius 1 is 1.17 bits per heavy atom. The molecule has 0 bridgehead atoms. The van der Waals surface area contributed by atoms with E-state index in [-0.39, 0.29) is 5.75 Å². The van der Waals surface area contributed by atoms with E-state index in [0.717, 1.165) is 75.1 Å². The minimum Gasteiger partial charge on any atom is -0.493 e.